The van der Waals surface area contributed by atoms with E-state index in [2.05, 4.69) is 34.4 Å². The number of aromatic nitrogens is 2. The summed E-state index contributed by atoms with van der Waals surface area (Å²) in [5.41, 5.74) is 1.82. The molecule has 0 spiro atoms. The topological polar surface area (TPSA) is 68.3 Å². The minimum Gasteiger partial charge on any atom is -0.493 e. The molecule has 0 radical (unpaired) electrons. The van der Waals surface area contributed by atoms with Crippen molar-refractivity contribution in [2.75, 3.05) is 31.4 Å². The van der Waals surface area contributed by atoms with Gasteiger partial charge in [-0.15, -0.1) is 0 Å². The molecule has 0 fully saturated rings. The van der Waals surface area contributed by atoms with Gasteiger partial charge in [-0.25, -0.2) is 9.97 Å². The van der Waals surface area contributed by atoms with Crippen LogP contribution in [0.5, 0.6) is 11.5 Å². The van der Waals surface area contributed by atoms with Crippen LogP contribution < -0.4 is 20.1 Å². The van der Waals surface area contributed by atoms with Crippen molar-refractivity contribution in [1.82, 2.24) is 9.97 Å². The van der Waals surface area contributed by atoms with Crippen LogP contribution in [0.3, 0.4) is 0 Å². The molecule has 0 saturated carbocycles. The maximum absolute atomic E-state index is 5.39. The molecule has 0 atom stereocenters. The van der Waals surface area contributed by atoms with Gasteiger partial charge in [-0.3, -0.25) is 0 Å². The van der Waals surface area contributed by atoms with Crippen molar-refractivity contribution in [3.63, 3.8) is 0 Å². The highest BCUT2D eigenvalue weighted by Crippen LogP contribution is 2.31. The van der Waals surface area contributed by atoms with Crippen LogP contribution in [-0.2, 0) is 0 Å². The highest BCUT2D eigenvalue weighted by Gasteiger charge is 2.10. The standard InChI is InChI=1S/C22H26N4O2/c1-15(2)14-23-20-13-21(26-22(25-20)16-8-6-5-7-9-16)24-17-10-11-18(27-3)19(12-17)28-4/h5-13,15H,14H2,1-4H3,(H2,23,24,25,26). The van der Waals surface area contributed by atoms with Crippen LogP contribution in [0, 0.1) is 5.92 Å². The van der Waals surface area contributed by atoms with E-state index in [1.54, 1.807) is 14.2 Å². The SMILES string of the molecule is COc1ccc(Nc2cc(NCC(C)C)nc(-c3ccccc3)n2)cc1OC. The summed E-state index contributed by atoms with van der Waals surface area (Å²) in [5, 5.41) is 6.73. The van der Waals surface area contributed by atoms with Gasteiger partial charge in [0.25, 0.3) is 0 Å². The Balaban J connectivity index is 1.94. The van der Waals surface area contributed by atoms with Gasteiger partial charge < -0.3 is 20.1 Å². The highest BCUT2D eigenvalue weighted by molar-refractivity contribution is 5.66. The third kappa shape index (κ3) is 4.91. The van der Waals surface area contributed by atoms with Gasteiger partial charge in [-0.1, -0.05) is 44.2 Å². The van der Waals surface area contributed by atoms with Crippen LogP contribution in [0.4, 0.5) is 17.3 Å². The molecule has 0 aliphatic carbocycles. The summed E-state index contributed by atoms with van der Waals surface area (Å²) >= 11 is 0. The molecule has 1 aromatic heterocycles. The van der Waals surface area contributed by atoms with E-state index in [0.29, 0.717) is 29.1 Å². The molecule has 3 aromatic rings. The number of hydrogen-bond donors (Lipinski definition) is 2. The van der Waals surface area contributed by atoms with E-state index in [1.165, 1.54) is 0 Å². The fourth-order valence-corrected chi connectivity index (χ4v) is 2.69. The van der Waals surface area contributed by atoms with Crippen molar-refractivity contribution in [3.05, 3.63) is 54.6 Å². The number of hydrogen-bond acceptors (Lipinski definition) is 6. The minimum absolute atomic E-state index is 0.511. The summed E-state index contributed by atoms with van der Waals surface area (Å²) in [6, 6.07) is 17.5. The normalized spacial score (nSPS) is 10.6. The van der Waals surface area contributed by atoms with Crippen LogP contribution >= 0.6 is 0 Å². The Hall–Kier alpha value is -3.28. The van der Waals surface area contributed by atoms with Crippen LogP contribution in [0.1, 0.15) is 13.8 Å². The molecule has 6 heteroatoms. The van der Waals surface area contributed by atoms with Gasteiger partial charge in [-0.05, 0) is 18.1 Å². The lowest BCUT2D eigenvalue weighted by Gasteiger charge is -2.14. The lowest BCUT2D eigenvalue weighted by molar-refractivity contribution is 0.355. The van der Waals surface area contributed by atoms with E-state index >= 15 is 0 Å². The fraction of sp³-hybridized carbons (Fsp3) is 0.273. The smallest absolute Gasteiger partial charge is 0.163 e. The van der Waals surface area contributed by atoms with Crippen LogP contribution in [0.15, 0.2) is 54.6 Å². The van der Waals surface area contributed by atoms with Crippen LogP contribution in [-0.4, -0.2) is 30.7 Å². The molecule has 3 rings (SSSR count). The molecule has 28 heavy (non-hydrogen) atoms. The Morgan fingerprint density at radius 3 is 2.25 bits per heavy atom. The van der Waals surface area contributed by atoms with Gasteiger partial charge in [0.15, 0.2) is 17.3 Å². The van der Waals surface area contributed by atoms with Gasteiger partial charge in [0.2, 0.25) is 0 Å². The van der Waals surface area contributed by atoms with Crippen LogP contribution in [0.2, 0.25) is 0 Å². The first-order chi connectivity index (χ1) is 13.6. The maximum Gasteiger partial charge on any atom is 0.163 e. The summed E-state index contributed by atoms with van der Waals surface area (Å²) in [6.45, 7) is 5.16. The van der Waals surface area contributed by atoms with E-state index in [-0.39, 0.29) is 0 Å². The van der Waals surface area contributed by atoms with Gasteiger partial charge in [-0.2, -0.15) is 0 Å². The number of anilines is 3. The van der Waals surface area contributed by atoms with Crippen molar-refractivity contribution < 1.29 is 9.47 Å². The van der Waals surface area contributed by atoms with Crippen molar-refractivity contribution in [1.29, 1.82) is 0 Å². The zero-order chi connectivity index (χ0) is 19.9. The first-order valence-electron chi connectivity index (χ1n) is 9.26. The van der Waals surface area contributed by atoms with Gasteiger partial charge in [0, 0.05) is 29.9 Å². The number of ether oxygens (including phenoxy) is 2. The average Bonchev–Trinajstić information content (AvgIpc) is 2.72. The number of nitrogens with zero attached hydrogens (tertiary/aromatic N) is 2. The zero-order valence-electron chi connectivity index (χ0n) is 16.7. The van der Waals surface area contributed by atoms with Crippen molar-refractivity contribution in [3.8, 4) is 22.9 Å². The second-order valence-corrected chi connectivity index (χ2v) is 6.80. The molecule has 2 aromatic carbocycles. The quantitative estimate of drug-likeness (QED) is 0.577. The Morgan fingerprint density at radius 2 is 1.57 bits per heavy atom. The molecule has 1 heterocycles. The first kappa shape index (κ1) is 19.5. The van der Waals surface area contributed by atoms with Crippen LogP contribution in [0.25, 0.3) is 11.4 Å². The summed E-state index contributed by atoms with van der Waals surface area (Å²) in [5.74, 6) is 4.00. The molecule has 146 valence electrons. The lowest BCUT2D eigenvalue weighted by atomic mass is 10.2. The minimum atomic E-state index is 0.511. The largest absolute Gasteiger partial charge is 0.493 e. The van der Waals surface area contributed by atoms with E-state index < -0.39 is 0 Å². The second kappa shape index (κ2) is 9.08. The summed E-state index contributed by atoms with van der Waals surface area (Å²) in [6.07, 6.45) is 0. The maximum atomic E-state index is 5.39. The third-order valence-electron chi connectivity index (χ3n) is 4.11. The molecule has 6 nitrogen and oxygen atoms in total. The molecular formula is C22H26N4O2. The van der Waals surface area contributed by atoms with E-state index in [9.17, 15) is 0 Å². The predicted molar refractivity (Wildman–Crippen MR) is 114 cm³/mol. The summed E-state index contributed by atoms with van der Waals surface area (Å²) < 4.78 is 10.7. The zero-order valence-corrected chi connectivity index (χ0v) is 16.7. The van der Waals surface area contributed by atoms with Crippen molar-refractivity contribution >= 4 is 17.3 Å². The van der Waals surface area contributed by atoms with Crippen molar-refractivity contribution in [2.45, 2.75) is 13.8 Å². The molecule has 0 aliphatic heterocycles. The van der Waals surface area contributed by atoms with E-state index in [4.69, 9.17) is 9.47 Å². The second-order valence-electron chi connectivity index (χ2n) is 6.80. The number of rotatable bonds is 8. The molecule has 0 saturated heterocycles. The Morgan fingerprint density at radius 1 is 0.857 bits per heavy atom. The highest BCUT2D eigenvalue weighted by atomic mass is 16.5. The van der Waals surface area contributed by atoms with Gasteiger partial charge >= 0.3 is 0 Å². The summed E-state index contributed by atoms with van der Waals surface area (Å²) in [7, 11) is 3.24. The Kier molecular flexibility index (Phi) is 6.32. The summed E-state index contributed by atoms with van der Waals surface area (Å²) in [4.78, 5) is 9.36. The van der Waals surface area contributed by atoms with E-state index in [1.807, 2.05) is 54.6 Å². The first-order valence-corrected chi connectivity index (χ1v) is 9.26. The molecule has 0 bridgehead atoms. The number of methoxy groups -OCH3 is 2. The van der Waals surface area contributed by atoms with Gasteiger partial charge in [0.1, 0.15) is 11.6 Å². The fourth-order valence-electron chi connectivity index (χ4n) is 2.69. The molecule has 0 amide bonds. The molecule has 2 N–H and O–H groups in total. The molecule has 0 aliphatic rings. The Labute approximate surface area is 166 Å². The number of nitrogens with one attached hydrogen (secondary N) is 2. The molecular weight excluding hydrogens is 352 g/mol. The van der Waals surface area contributed by atoms with Gasteiger partial charge in [0.05, 0.1) is 14.2 Å². The average molecular weight is 378 g/mol. The Bertz CT molecular complexity index is 914. The molecule has 0 unspecified atom stereocenters. The number of benzene rings is 2. The van der Waals surface area contributed by atoms with Crippen molar-refractivity contribution in [2.24, 2.45) is 5.92 Å². The monoisotopic (exact) mass is 378 g/mol. The lowest BCUT2D eigenvalue weighted by Crippen LogP contribution is -2.10. The van der Waals surface area contributed by atoms with E-state index in [0.717, 1.165) is 23.6 Å². The predicted octanol–water partition coefficient (Wildman–Crippen LogP) is 4.97. The third-order valence-corrected chi connectivity index (χ3v) is 4.11.